The number of rotatable bonds is 6. The van der Waals surface area contributed by atoms with Crippen LogP contribution in [0.3, 0.4) is 0 Å². The number of carbonyl (C=O) groups is 1. The van der Waals surface area contributed by atoms with E-state index in [1.54, 1.807) is 12.1 Å². The molecule has 1 fully saturated rings. The Labute approximate surface area is 101 Å². The summed E-state index contributed by atoms with van der Waals surface area (Å²) in [6.45, 7) is 0.865. The van der Waals surface area contributed by atoms with Crippen LogP contribution < -0.4 is 10.5 Å². The number of ether oxygens (including phenoxy) is 2. The lowest BCUT2D eigenvalue weighted by atomic mass is 10.3. The molecular weight excluding hydrogens is 218 g/mol. The van der Waals surface area contributed by atoms with Gasteiger partial charge in [0.05, 0.1) is 25.3 Å². The Kier molecular flexibility index (Phi) is 3.85. The van der Waals surface area contributed by atoms with Gasteiger partial charge >= 0.3 is 5.97 Å². The average molecular weight is 235 g/mol. The summed E-state index contributed by atoms with van der Waals surface area (Å²) in [5.41, 5.74) is 6.29. The minimum Gasteiger partial charge on any atom is -0.491 e. The molecule has 0 heterocycles. The van der Waals surface area contributed by atoms with Crippen molar-refractivity contribution in [1.82, 2.24) is 0 Å². The maximum absolute atomic E-state index is 11.3. The summed E-state index contributed by atoms with van der Waals surface area (Å²) in [6.07, 6.45) is 2.63. The molecule has 0 bridgehead atoms. The highest BCUT2D eigenvalue weighted by Crippen LogP contribution is 2.28. The Morgan fingerprint density at radius 2 is 2.12 bits per heavy atom. The molecule has 0 unspecified atom stereocenters. The Hall–Kier alpha value is -1.71. The van der Waals surface area contributed by atoms with Crippen LogP contribution >= 0.6 is 0 Å². The molecule has 1 aromatic rings. The zero-order valence-electron chi connectivity index (χ0n) is 9.72. The van der Waals surface area contributed by atoms with E-state index in [1.807, 2.05) is 12.1 Å². The molecule has 0 radical (unpaired) electrons. The third-order valence-electron chi connectivity index (χ3n) is 2.66. The molecule has 1 aliphatic rings. The van der Waals surface area contributed by atoms with Gasteiger partial charge in [0.25, 0.3) is 0 Å². The fraction of sp³-hybridized carbons (Fsp3) is 0.462. The molecule has 1 aromatic carbocycles. The second-order valence-corrected chi connectivity index (χ2v) is 4.26. The van der Waals surface area contributed by atoms with E-state index in [2.05, 4.69) is 0 Å². The fourth-order valence-corrected chi connectivity index (χ4v) is 1.42. The summed E-state index contributed by atoms with van der Waals surface area (Å²) in [4.78, 5) is 11.3. The van der Waals surface area contributed by atoms with Gasteiger partial charge in [0.2, 0.25) is 0 Å². The number of hydrogen-bond acceptors (Lipinski definition) is 4. The van der Waals surface area contributed by atoms with Crippen molar-refractivity contribution in [3.05, 3.63) is 24.3 Å². The highest BCUT2D eigenvalue weighted by molar-refractivity contribution is 5.69. The second-order valence-electron chi connectivity index (χ2n) is 4.26. The molecule has 2 N–H and O–H groups in total. The molecule has 0 aliphatic heterocycles. The maximum Gasteiger partial charge on any atom is 0.309 e. The predicted molar refractivity (Wildman–Crippen MR) is 64.6 cm³/mol. The Balaban J connectivity index is 1.64. The van der Waals surface area contributed by atoms with Gasteiger partial charge in [0, 0.05) is 0 Å². The molecule has 17 heavy (non-hydrogen) atoms. The summed E-state index contributed by atoms with van der Waals surface area (Å²) < 4.78 is 10.5. The van der Waals surface area contributed by atoms with Gasteiger partial charge < -0.3 is 15.2 Å². The smallest absolute Gasteiger partial charge is 0.309 e. The lowest BCUT2D eigenvalue weighted by Crippen LogP contribution is -2.11. The first kappa shape index (κ1) is 11.8. The van der Waals surface area contributed by atoms with E-state index >= 15 is 0 Å². The first-order valence-corrected chi connectivity index (χ1v) is 5.88. The van der Waals surface area contributed by atoms with Gasteiger partial charge in [-0.25, -0.2) is 0 Å². The quantitative estimate of drug-likeness (QED) is 0.605. The molecule has 0 aromatic heterocycles. The fourth-order valence-electron chi connectivity index (χ4n) is 1.42. The third-order valence-corrected chi connectivity index (χ3v) is 2.66. The van der Waals surface area contributed by atoms with E-state index in [-0.39, 0.29) is 12.4 Å². The van der Waals surface area contributed by atoms with Gasteiger partial charge in [-0.1, -0.05) is 12.1 Å². The number of hydrogen-bond donors (Lipinski definition) is 1. The van der Waals surface area contributed by atoms with Crippen LogP contribution in [0.25, 0.3) is 0 Å². The minimum absolute atomic E-state index is 0.202. The Morgan fingerprint density at radius 1 is 1.35 bits per heavy atom. The molecule has 0 amide bonds. The normalized spacial score (nSPS) is 14.4. The van der Waals surface area contributed by atoms with E-state index in [0.717, 1.165) is 0 Å². The van der Waals surface area contributed by atoms with Crippen LogP contribution in [0.2, 0.25) is 0 Å². The van der Waals surface area contributed by atoms with Crippen LogP contribution in [-0.2, 0) is 9.53 Å². The van der Waals surface area contributed by atoms with Crippen LogP contribution in [-0.4, -0.2) is 19.2 Å². The summed E-state index contributed by atoms with van der Waals surface area (Å²) in [6, 6.07) is 7.23. The molecule has 1 saturated carbocycles. The summed E-state index contributed by atoms with van der Waals surface area (Å²) in [7, 11) is 0. The molecule has 1 aliphatic carbocycles. The number of carbonyl (C=O) groups excluding carboxylic acids is 1. The lowest BCUT2D eigenvalue weighted by molar-refractivity contribution is -0.144. The largest absolute Gasteiger partial charge is 0.491 e. The number of nitrogen functional groups attached to an aromatic ring is 1. The molecule has 0 saturated heterocycles. The van der Waals surface area contributed by atoms with Gasteiger partial charge in [-0.3, -0.25) is 4.79 Å². The molecule has 0 atom stereocenters. The van der Waals surface area contributed by atoms with Crippen molar-refractivity contribution in [3.63, 3.8) is 0 Å². The van der Waals surface area contributed by atoms with E-state index in [4.69, 9.17) is 15.2 Å². The van der Waals surface area contributed by atoms with Gasteiger partial charge in [-0.2, -0.15) is 0 Å². The highest BCUT2D eigenvalue weighted by Gasteiger charge is 2.22. The monoisotopic (exact) mass is 235 g/mol. The maximum atomic E-state index is 11.3. The van der Waals surface area contributed by atoms with Crippen molar-refractivity contribution in [2.24, 2.45) is 5.92 Å². The van der Waals surface area contributed by atoms with Gasteiger partial charge in [-0.05, 0) is 30.9 Å². The molecule has 2 rings (SSSR count). The summed E-state index contributed by atoms with van der Waals surface area (Å²) >= 11 is 0. The number of nitrogens with two attached hydrogens (primary N) is 1. The second kappa shape index (κ2) is 5.57. The summed E-state index contributed by atoms with van der Waals surface area (Å²) in [5.74, 6) is 1.01. The van der Waals surface area contributed by atoms with E-state index in [1.165, 1.54) is 12.8 Å². The Morgan fingerprint density at radius 3 is 2.82 bits per heavy atom. The van der Waals surface area contributed by atoms with Crippen LogP contribution in [0.5, 0.6) is 5.75 Å². The van der Waals surface area contributed by atoms with Gasteiger partial charge in [0.15, 0.2) is 0 Å². The standard InChI is InChI=1S/C13H17NO3/c14-11-3-1-2-4-12(11)16-8-7-13(15)17-9-10-5-6-10/h1-4,10H,5-9,14H2. The van der Waals surface area contributed by atoms with Crippen molar-refractivity contribution in [2.45, 2.75) is 19.3 Å². The number of para-hydroxylation sites is 2. The molecular formula is C13H17NO3. The predicted octanol–water partition coefficient (Wildman–Crippen LogP) is 1.99. The van der Waals surface area contributed by atoms with Crippen LogP contribution in [0, 0.1) is 5.92 Å². The molecule has 0 spiro atoms. The van der Waals surface area contributed by atoms with Crippen LogP contribution in [0.4, 0.5) is 5.69 Å². The molecule has 4 nitrogen and oxygen atoms in total. The van der Waals surface area contributed by atoms with Crippen LogP contribution in [0.15, 0.2) is 24.3 Å². The molecule has 4 heteroatoms. The lowest BCUT2D eigenvalue weighted by Gasteiger charge is -2.08. The van der Waals surface area contributed by atoms with E-state index < -0.39 is 0 Å². The first-order chi connectivity index (χ1) is 8.25. The number of esters is 1. The Bertz CT molecular complexity index is 388. The topological polar surface area (TPSA) is 61.5 Å². The number of benzene rings is 1. The third kappa shape index (κ3) is 3.98. The van der Waals surface area contributed by atoms with Crippen molar-refractivity contribution in [2.75, 3.05) is 18.9 Å². The van der Waals surface area contributed by atoms with Crippen molar-refractivity contribution in [3.8, 4) is 5.75 Å². The van der Waals surface area contributed by atoms with E-state index in [9.17, 15) is 4.79 Å². The average Bonchev–Trinajstić information content (AvgIpc) is 3.13. The van der Waals surface area contributed by atoms with Gasteiger partial charge in [-0.15, -0.1) is 0 Å². The van der Waals surface area contributed by atoms with Crippen molar-refractivity contribution >= 4 is 11.7 Å². The number of anilines is 1. The molecule has 92 valence electrons. The SMILES string of the molecule is Nc1ccccc1OCCC(=O)OCC1CC1. The first-order valence-electron chi connectivity index (χ1n) is 5.88. The van der Waals surface area contributed by atoms with Crippen LogP contribution in [0.1, 0.15) is 19.3 Å². The summed E-state index contributed by atoms with van der Waals surface area (Å²) in [5, 5.41) is 0. The zero-order valence-corrected chi connectivity index (χ0v) is 9.72. The highest BCUT2D eigenvalue weighted by atomic mass is 16.5. The van der Waals surface area contributed by atoms with E-state index in [0.29, 0.717) is 30.6 Å². The van der Waals surface area contributed by atoms with Crippen molar-refractivity contribution < 1.29 is 14.3 Å². The zero-order chi connectivity index (χ0) is 12.1. The van der Waals surface area contributed by atoms with Crippen molar-refractivity contribution in [1.29, 1.82) is 0 Å². The van der Waals surface area contributed by atoms with Gasteiger partial charge in [0.1, 0.15) is 5.75 Å². The minimum atomic E-state index is -0.202.